The van der Waals surface area contributed by atoms with Gasteiger partial charge in [-0.15, -0.1) is 0 Å². The zero-order chi connectivity index (χ0) is 20.9. The molecule has 1 aromatic carbocycles. The molecule has 0 bridgehead atoms. The van der Waals surface area contributed by atoms with E-state index in [9.17, 15) is 9.59 Å². The van der Waals surface area contributed by atoms with E-state index in [1.165, 1.54) is 38.3 Å². The summed E-state index contributed by atoms with van der Waals surface area (Å²) in [6.07, 6.45) is 8.08. The van der Waals surface area contributed by atoms with Crippen molar-refractivity contribution in [2.75, 3.05) is 26.7 Å². The number of carbonyl (C=O) groups excluding carboxylic acids is 1. The Bertz CT molecular complexity index is 1080. The average Bonchev–Trinajstić information content (AvgIpc) is 3.18. The fourth-order valence-electron chi connectivity index (χ4n) is 4.18. The second-order valence-corrected chi connectivity index (χ2v) is 7.87. The van der Waals surface area contributed by atoms with Crippen molar-refractivity contribution in [1.29, 1.82) is 0 Å². The lowest BCUT2D eigenvalue weighted by Crippen LogP contribution is -2.35. The first-order valence-corrected chi connectivity index (χ1v) is 10.6. The van der Waals surface area contributed by atoms with Crippen molar-refractivity contribution in [3.05, 3.63) is 34.8 Å². The van der Waals surface area contributed by atoms with Crippen LogP contribution in [0.5, 0.6) is 5.75 Å². The van der Waals surface area contributed by atoms with Crippen molar-refractivity contribution in [2.45, 2.75) is 38.6 Å². The molecule has 2 N–H and O–H groups in total. The van der Waals surface area contributed by atoms with Gasteiger partial charge in [0.2, 0.25) is 5.91 Å². The maximum atomic E-state index is 12.4. The number of rotatable bonds is 8. The smallest absolute Gasteiger partial charge is 0.347 e. The SMILES string of the molecule is COc1ccc2oc(=O)c3cnn(CC(=O)NCCNCC4CCCCC4)c3c2c1. The molecule has 1 saturated carbocycles. The average molecular weight is 412 g/mol. The third kappa shape index (κ3) is 4.48. The Morgan fingerprint density at radius 1 is 1.23 bits per heavy atom. The van der Waals surface area contributed by atoms with Gasteiger partial charge in [0.05, 0.1) is 18.8 Å². The first-order chi connectivity index (χ1) is 14.7. The van der Waals surface area contributed by atoms with Crippen LogP contribution >= 0.6 is 0 Å². The van der Waals surface area contributed by atoms with Crippen LogP contribution < -0.4 is 21.0 Å². The lowest BCUT2D eigenvalue weighted by atomic mass is 9.89. The lowest BCUT2D eigenvalue weighted by molar-refractivity contribution is -0.121. The number of ether oxygens (including phenoxy) is 1. The predicted molar refractivity (Wildman–Crippen MR) is 115 cm³/mol. The van der Waals surface area contributed by atoms with Gasteiger partial charge in [0.25, 0.3) is 0 Å². The molecule has 1 aliphatic rings. The van der Waals surface area contributed by atoms with Crippen LogP contribution in [0.25, 0.3) is 21.9 Å². The molecule has 0 unspecified atom stereocenters. The molecule has 2 heterocycles. The molecule has 1 aliphatic carbocycles. The molecule has 1 fully saturated rings. The van der Waals surface area contributed by atoms with Gasteiger partial charge in [-0.3, -0.25) is 9.48 Å². The van der Waals surface area contributed by atoms with E-state index in [4.69, 9.17) is 9.15 Å². The van der Waals surface area contributed by atoms with E-state index in [2.05, 4.69) is 15.7 Å². The molecular formula is C22H28N4O4. The Morgan fingerprint density at radius 3 is 2.87 bits per heavy atom. The van der Waals surface area contributed by atoms with Crippen molar-refractivity contribution in [1.82, 2.24) is 20.4 Å². The third-order valence-electron chi connectivity index (χ3n) is 5.78. The van der Waals surface area contributed by atoms with Gasteiger partial charge in [0.1, 0.15) is 23.3 Å². The number of hydrogen-bond donors (Lipinski definition) is 2. The summed E-state index contributed by atoms with van der Waals surface area (Å²) in [5.74, 6) is 1.25. The van der Waals surface area contributed by atoms with Crippen LogP contribution in [0, 0.1) is 5.92 Å². The minimum Gasteiger partial charge on any atom is -0.497 e. The Balaban J connectivity index is 1.39. The third-order valence-corrected chi connectivity index (χ3v) is 5.78. The van der Waals surface area contributed by atoms with E-state index < -0.39 is 5.63 Å². The van der Waals surface area contributed by atoms with E-state index in [-0.39, 0.29) is 12.5 Å². The maximum absolute atomic E-state index is 12.4. The van der Waals surface area contributed by atoms with Crippen molar-refractivity contribution in [2.24, 2.45) is 5.92 Å². The van der Waals surface area contributed by atoms with Crippen molar-refractivity contribution in [3.8, 4) is 5.75 Å². The van der Waals surface area contributed by atoms with Gasteiger partial charge in [0.15, 0.2) is 0 Å². The number of nitrogens with zero attached hydrogens (tertiary/aromatic N) is 2. The molecule has 0 aliphatic heterocycles. The van der Waals surface area contributed by atoms with Crippen molar-refractivity contribution in [3.63, 3.8) is 0 Å². The van der Waals surface area contributed by atoms with Gasteiger partial charge in [-0.05, 0) is 43.5 Å². The standard InChI is InChI=1S/C22H28N4O4/c1-29-16-7-8-19-17(11-16)21-18(22(28)30-19)13-25-26(21)14-20(27)24-10-9-23-12-15-5-3-2-4-6-15/h7-8,11,13,15,23H,2-6,9-10,12,14H2,1H3,(H,24,27). The quantitative estimate of drug-likeness (QED) is 0.436. The van der Waals surface area contributed by atoms with Crippen LogP contribution in [-0.2, 0) is 11.3 Å². The van der Waals surface area contributed by atoms with Crippen LogP contribution in [0.15, 0.2) is 33.6 Å². The molecule has 0 spiro atoms. The zero-order valence-corrected chi connectivity index (χ0v) is 17.3. The molecule has 8 heteroatoms. The first kappa shape index (κ1) is 20.4. The number of carbonyl (C=O) groups is 1. The van der Waals surface area contributed by atoms with E-state index in [1.807, 2.05) is 0 Å². The fourth-order valence-corrected chi connectivity index (χ4v) is 4.18. The Kier molecular flexibility index (Phi) is 6.32. The topological polar surface area (TPSA) is 98.4 Å². The number of aromatic nitrogens is 2. The lowest BCUT2D eigenvalue weighted by Gasteiger charge is -2.21. The van der Waals surface area contributed by atoms with Gasteiger partial charge in [-0.25, -0.2) is 4.79 Å². The monoisotopic (exact) mass is 412 g/mol. The first-order valence-electron chi connectivity index (χ1n) is 10.6. The molecule has 0 atom stereocenters. The zero-order valence-electron chi connectivity index (χ0n) is 17.3. The van der Waals surface area contributed by atoms with Crippen LogP contribution in [-0.4, -0.2) is 42.4 Å². The summed E-state index contributed by atoms with van der Waals surface area (Å²) < 4.78 is 12.2. The summed E-state index contributed by atoms with van der Waals surface area (Å²) in [7, 11) is 1.57. The van der Waals surface area contributed by atoms with E-state index in [1.54, 1.807) is 30.0 Å². The molecule has 0 saturated heterocycles. The van der Waals surface area contributed by atoms with E-state index in [0.29, 0.717) is 34.2 Å². The molecule has 3 aromatic rings. The summed E-state index contributed by atoms with van der Waals surface area (Å²) in [4.78, 5) is 24.7. The van der Waals surface area contributed by atoms with Crippen LogP contribution in [0.2, 0.25) is 0 Å². The second kappa shape index (κ2) is 9.30. The molecule has 160 valence electrons. The minimum atomic E-state index is -0.471. The molecule has 2 aromatic heterocycles. The number of benzene rings is 1. The summed E-state index contributed by atoms with van der Waals surface area (Å²) in [5.41, 5.74) is 0.536. The van der Waals surface area contributed by atoms with Crippen LogP contribution in [0.4, 0.5) is 0 Å². The molecular weight excluding hydrogens is 384 g/mol. The maximum Gasteiger partial charge on any atom is 0.347 e. The van der Waals surface area contributed by atoms with Crippen molar-refractivity contribution < 1.29 is 13.9 Å². The van der Waals surface area contributed by atoms with Gasteiger partial charge in [-0.1, -0.05) is 19.3 Å². The highest BCUT2D eigenvalue weighted by molar-refractivity contribution is 6.02. The van der Waals surface area contributed by atoms with Gasteiger partial charge in [0, 0.05) is 18.5 Å². The van der Waals surface area contributed by atoms with E-state index >= 15 is 0 Å². The predicted octanol–water partition coefficient (Wildman–Crippen LogP) is 2.44. The van der Waals surface area contributed by atoms with Crippen LogP contribution in [0.3, 0.4) is 0 Å². The minimum absolute atomic E-state index is 0.0297. The Labute approximate surface area is 174 Å². The van der Waals surface area contributed by atoms with Gasteiger partial charge >= 0.3 is 5.63 Å². The second-order valence-electron chi connectivity index (χ2n) is 7.87. The Hall–Kier alpha value is -2.87. The summed E-state index contributed by atoms with van der Waals surface area (Å²) >= 11 is 0. The number of nitrogens with one attached hydrogen (secondary N) is 2. The van der Waals surface area contributed by atoms with Gasteiger partial charge < -0.3 is 19.8 Å². The largest absolute Gasteiger partial charge is 0.497 e. The normalized spacial score (nSPS) is 15.0. The molecule has 0 radical (unpaired) electrons. The molecule has 4 rings (SSSR count). The van der Waals surface area contributed by atoms with Crippen LogP contribution in [0.1, 0.15) is 32.1 Å². The highest BCUT2D eigenvalue weighted by Crippen LogP contribution is 2.26. The van der Waals surface area contributed by atoms with Gasteiger partial charge in [-0.2, -0.15) is 5.10 Å². The highest BCUT2D eigenvalue weighted by atomic mass is 16.5. The summed E-state index contributed by atoms with van der Waals surface area (Å²) in [6.45, 7) is 2.35. The summed E-state index contributed by atoms with van der Waals surface area (Å²) in [5, 5.41) is 11.6. The van der Waals surface area contributed by atoms with E-state index in [0.717, 1.165) is 19.0 Å². The number of methoxy groups -OCH3 is 1. The van der Waals surface area contributed by atoms with Crippen molar-refractivity contribution >= 4 is 27.8 Å². The number of amides is 1. The molecule has 8 nitrogen and oxygen atoms in total. The Morgan fingerprint density at radius 2 is 2.07 bits per heavy atom. The number of hydrogen-bond acceptors (Lipinski definition) is 6. The number of fused-ring (bicyclic) bond motifs is 3. The fraction of sp³-hybridized carbons (Fsp3) is 0.500. The summed E-state index contributed by atoms with van der Waals surface area (Å²) in [6, 6.07) is 5.20. The molecule has 30 heavy (non-hydrogen) atoms. The highest BCUT2D eigenvalue weighted by Gasteiger charge is 2.16. The molecule has 1 amide bonds.